The summed E-state index contributed by atoms with van der Waals surface area (Å²) in [5.41, 5.74) is 7.65. The molecular weight excluding hydrogens is 306 g/mol. The van der Waals surface area contributed by atoms with Gasteiger partial charge in [0.25, 0.3) is 0 Å². The van der Waals surface area contributed by atoms with Crippen LogP contribution in [-0.4, -0.2) is 22.6 Å². The SMILES string of the molecule is COC(=O)c1c(CN)c(=O)c2ccc(C)nc2n1-c1ccccc1. The molecule has 0 aliphatic heterocycles. The fraction of sp³-hybridized carbons (Fsp3) is 0.167. The lowest BCUT2D eigenvalue weighted by Crippen LogP contribution is -2.26. The molecule has 6 heteroatoms. The first-order chi connectivity index (χ1) is 11.6. The summed E-state index contributed by atoms with van der Waals surface area (Å²) in [6, 6.07) is 12.7. The first-order valence-corrected chi connectivity index (χ1v) is 7.47. The number of carbonyl (C=O) groups excluding carboxylic acids is 1. The molecule has 0 atom stereocenters. The van der Waals surface area contributed by atoms with Gasteiger partial charge in [0.05, 0.1) is 12.5 Å². The van der Waals surface area contributed by atoms with E-state index in [2.05, 4.69) is 4.98 Å². The van der Waals surface area contributed by atoms with E-state index in [-0.39, 0.29) is 23.2 Å². The molecule has 0 radical (unpaired) electrons. The van der Waals surface area contributed by atoms with E-state index < -0.39 is 5.97 Å². The molecular formula is C18H17N3O3. The number of ether oxygens (including phenoxy) is 1. The number of aromatic nitrogens is 2. The normalized spacial score (nSPS) is 10.8. The predicted octanol–water partition coefficient (Wildman–Crippen LogP) is 1.94. The van der Waals surface area contributed by atoms with Gasteiger partial charge in [0.2, 0.25) is 0 Å². The average molecular weight is 323 g/mol. The third-order valence-electron chi connectivity index (χ3n) is 3.85. The van der Waals surface area contributed by atoms with Gasteiger partial charge in [-0.2, -0.15) is 0 Å². The van der Waals surface area contributed by atoms with E-state index in [9.17, 15) is 9.59 Å². The zero-order valence-electron chi connectivity index (χ0n) is 13.4. The van der Waals surface area contributed by atoms with Gasteiger partial charge in [0.15, 0.2) is 5.43 Å². The maximum absolute atomic E-state index is 12.8. The Labute approximate surface area is 138 Å². The fourth-order valence-electron chi connectivity index (χ4n) is 2.73. The van der Waals surface area contributed by atoms with Crippen LogP contribution in [0.2, 0.25) is 0 Å². The van der Waals surface area contributed by atoms with E-state index >= 15 is 0 Å². The minimum absolute atomic E-state index is 0.0695. The summed E-state index contributed by atoms with van der Waals surface area (Å²) in [4.78, 5) is 29.6. The molecule has 3 rings (SSSR count). The topological polar surface area (TPSA) is 87.2 Å². The minimum atomic E-state index is -0.624. The summed E-state index contributed by atoms with van der Waals surface area (Å²) in [7, 11) is 1.27. The molecule has 0 aliphatic rings. The molecule has 2 aromatic heterocycles. The summed E-state index contributed by atoms with van der Waals surface area (Å²) in [6.07, 6.45) is 0. The van der Waals surface area contributed by atoms with E-state index in [4.69, 9.17) is 10.5 Å². The van der Waals surface area contributed by atoms with Gasteiger partial charge in [0.1, 0.15) is 11.3 Å². The second-order valence-electron chi connectivity index (χ2n) is 5.35. The van der Waals surface area contributed by atoms with E-state index in [0.29, 0.717) is 16.7 Å². The highest BCUT2D eigenvalue weighted by Gasteiger charge is 2.23. The molecule has 0 amide bonds. The molecule has 0 aliphatic carbocycles. The van der Waals surface area contributed by atoms with Gasteiger partial charge in [-0.15, -0.1) is 0 Å². The highest BCUT2D eigenvalue weighted by molar-refractivity contribution is 5.94. The highest BCUT2D eigenvalue weighted by atomic mass is 16.5. The fourth-order valence-corrected chi connectivity index (χ4v) is 2.73. The van der Waals surface area contributed by atoms with Gasteiger partial charge in [-0.25, -0.2) is 9.78 Å². The summed E-state index contributed by atoms with van der Waals surface area (Å²) < 4.78 is 6.53. The van der Waals surface area contributed by atoms with Crippen LogP contribution >= 0.6 is 0 Å². The maximum atomic E-state index is 12.8. The number of rotatable bonds is 3. The summed E-state index contributed by atoms with van der Waals surface area (Å²) in [5.74, 6) is -0.624. The molecule has 3 aromatic rings. The Morgan fingerprint density at radius 3 is 2.54 bits per heavy atom. The van der Waals surface area contributed by atoms with Crippen molar-refractivity contribution in [3.63, 3.8) is 0 Å². The third kappa shape index (κ3) is 2.47. The van der Waals surface area contributed by atoms with Crippen molar-refractivity contribution < 1.29 is 9.53 Å². The molecule has 24 heavy (non-hydrogen) atoms. The van der Waals surface area contributed by atoms with E-state index in [1.807, 2.05) is 37.3 Å². The number of para-hydroxylation sites is 1. The van der Waals surface area contributed by atoms with E-state index in [0.717, 1.165) is 5.69 Å². The van der Waals surface area contributed by atoms with Gasteiger partial charge >= 0.3 is 5.97 Å². The number of methoxy groups -OCH3 is 1. The van der Waals surface area contributed by atoms with Gasteiger partial charge in [0, 0.05) is 23.5 Å². The largest absolute Gasteiger partial charge is 0.464 e. The lowest BCUT2D eigenvalue weighted by atomic mass is 10.1. The molecule has 0 saturated carbocycles. The van der Waals surface area contributed by atoms with Crippen molar-refractivity contribution in [3.8, 4) is 5.69 Å². The van der Waals surface area contributed by atoms with E-state index in [1.54, 1.807) is 16.7 Å². The number of pyridine rings is 2. The molecule has 0 bridgehead atoms. The van der Waals surface area contributed by atoms with Crippen LogP contribution in [0.4, 0.5) is 0 Å². The lowest BCUT2D eigenvalue weighted by Gasteiger charge is -2.18. The van der Waals surface area contributed by atoms with Crippen LogP contribution in [0, 0.1) is 6.92 Å². The number of hydrogen-bond donors (Lipinski definition) is 1. The molecule has 0 saturated heterocycles. The number of benzene rings is 1. The number of aryl methyl sites for hydroxylation is 1. The van der Waals surface area contributed by atoms with Crippen LogP contribution in [0.3, 0.4) is 0 Å². The Morgan fingerprint density at radius 1 is 1.21 bits per heavy atom. The third-order valence-corrected chi connectivity index (χ3v) is 3.85. The van der Waals surface area contributed by atoms with Gasteiger partial charge in [-0.3, -0.25) is 9.36 Å². The molecule has 2 heterocycles. The first-order valence-electron chi connectivity index (χ1n) is 7.47. The van der Waals surface area contributed by atoms with Crippen LogP contribution in [0.15, 0.2) is 47.3 Å². The number of nitrogens with two attached hydrogens (primary N) is 1. The average Bonchev–Trinajstić information content (AvgIpc) is 2.61. The Hall–Kier alpha value is -2.99. The van der Waals surface area contributed by atoms with Crippen molar-refractivity contribution in [3.05, 3.63) is 69.6 Å². The number of esters is 1. The molecule has 0 spiro atoms. The maximum Gasteiger partial charge on any atom is 0.355 e. The number of nitrogens with zero attached hydrogens (tertiary/aromatic N) is 2. The van der Waals surface area contributed by atoms with E-state index in [1.165, 1.54) is 7.11 Å². The Balaban J connectivity index is 2.58. The monoisotopic (exact) mass is 323 g/mol. The molecule has 6 nitrogen and oxygen atoms in total. The molecule has 2 N–H and O–H groups in total. The number of hydrogen-bond acceptors (Lipinski definition) is 5. The molecule has 0 unspecified atom stereocenters. The van der Waals surface area contributed by atoms with Crippen molar-refractivity contribution in [1.29, 1.82) is 0 Å². The van der Waals surface area contributed by atoms with Crippen molar-refractivity contribution in [1.82, 2.24) is 9.55 Å². The summed E-state index contributed by atoms with van der Waals surface area (Å²) >= 11 is 0. The number of carbonyl (C=O) groups is 1. The van der Waals surface area contributed by atoms with Crippen LogP contribution in [0.25, 0.3) is 16.7 Å². The predicted molar refractivity (Wildman–Crippen MR) is 91.3 cm³/mol. The Morgan fingerprint density at radius 2 is 1.92 bits per heavy atom. The molecule has 0 fully saturated rings. The molecule has 122 valence electrons. The minimum Gasteiger partial charge on any atom is -0.464 e. The number of fused-ring (bicyclic) bond motifs is 1. The Bertz CT molecular complexity index is 978. The van der Waals surface area contributed by atoms with Crippen molar-refractivity contribution in [2.24, 2.45) is 5.73 Å². The second-order valence-corrected chi connectivity index (χ2v) is 5.35. The standard InChI is InChI=1S/C18H17N3O3/c1-11-8-9-13-16(22)14(10-19)15(18(23)24-2)21(17(13)20-11)12-6-4-3-5-7-12/h3-9H,10,19H2,1-2H3. The van der Waals surface area contributed by atoms with Crippen molar-refractivity contribution in [2.75, 3.05) is 7.11 Å². The van der Waals surface area contributed by atoms with Gasteiger partial charge in [-0.1, -0.05) is 18.2 Å². The smallest absolute Gasteiger partial charge is 0.355 e. The van der Waals surface area contributed by atoms with Crippen LogP contribution < -0.4 is 11.2 Å². The van der Waals surface area contributed by atoms with Gasteiger partial charge in [-0.05, 0) is 31.2 Å². The van der Waals surface area contributed by atoms with Gasteiger partial charge < -0.3 is 10.5 Å². The van der Waals surface area contributed by atoms with Crippen molar-refractivity contribution in [2.45, 2.75) is 13.5 Å². The zero-order valence-corrected chi connectivity index (χ0v) is 13.4. The van der Waals surface area contributed by atoms with Crippen LogP contribution in [0.5, 0.6) is 0 Å². The molecule has 1 aromatic carbocycles. The highest BCUT2D eigenvalue weighted by Crippen LogP contribution is 2.21. The second kappa shape index (κ2) is 6.25. The van der Waals surface area contributed by atoms with Crippen LogP contribution in [-0.2, 0) is 11.3 Å². The van der Waals surface area contributed by atoms with Crippen LogP contribution in [0.1, 0.15) is 21.7 Å². The zero-order chi connectivity index (χ0) is 17.3. The quantitative estimate of drug-likeness (QED) is 0.744. The first kappa shape index (κ1) is 15.9. The summed E-state index contributed by atoms with van der Waals surface area (Å²) in [5, 5.41) is 0.414. The lowest BCUT2D eigenvalue weighted by molar-refractivity contribution is 0.0589. The summed E-state index contributed by atoms with van der Waals surface area (Å²) in [6.45, 7) is 1.76. The van der Waals surface area contributed by atoms with Crippen molar-refractivity contribution >= 4 is 17.0 Å². The Kier molecular flexibility index (Phi) is 4.14.